The van der Waals surface area contributed by atoms with Gasteiger partial charge in [0.2, 0.25) is 5.91 Å². The van der Waals surface area contributed by atoms with Crippen LogP contribution >= 0.6 is 11.3 Å². The SMILES string of the molecule is CC(C)c1ccc(NCc2cc(C(N)=O)cs2)cc1. The van der Waals surface area contributed by atoms with E-state index in [4.69, 9.17) is 5.73 Å². The summed E-state index contributed by atoms with van der Waals surface area (Å²) in [5.41, 5.74) is 8.22. The standard InChI is InChI=1S/C15H18N2OS/c1-10(2)11-3-5-13(6-4-11)17-8-14-7-12(9-19-14)15(16)18/h3-7,9-10,17H,8H2,1-2H3,(H2,16,18). The maximum atomic E-state index is 11.0. The van der Waals surface area contributed by atoms with Crippen molar-refractivity contribution in [1.29, 1.82) is 0 Å². The summed E-state index contributed by atoms with van der Waals surface area (Å²) in [6.45, 7) is 5.07. The number of carbonyl (C=O) groups excluding carboxylic acids is 1. The molecule has 0 fully saturated rings. The molecule has 0 unspecified atom stereocenters. The molecule has 1 aromatic heterocycles. The Labute approximate surface area is 117 Å². The topological polar surface area (TPSA) is 55.1 Å². The van der Waals surface area contributed by atoms with Crippen molar-refractivity contribution in [1.82, 2.24) is 0 Å². The first-order valence-corrected chi connectivity index (χ1v) is 7.15. The van der Waals surface area contributed by atoms with E-state index in [1.807, 2.05) is 6.07 Å². The molecule has 3 nitrogen and oxygen atoms in total. The number of thiophene rings is 1. The third-order valence-electron chi connectivity index (χ3n) is 2.98. The monoisotopic (exact) mass is 274 g/mol. The molecule has 0 spiro atoms. The molecule has 1 heterocycles. The van der Waals surface area contributed by atoms with Crippen molar-refractivity contribution >= 4 is 22.9 Å². The van der Waals surface area contributed by atoms with Crippen molar-refractivity contribution in [3.8, 4) is 0 Å². The molecule has 1 amide bonds. The van der Waals surface area contributed by atoms with Gasteiger partial charge in [0.05, 0.1) is 5.56 Å². The van der Waals surface area contributed by atoms with Crippen LogP contribution in [-0.4, -0.2) is 5.91 Å². The Balaban J connectivity index is 1.96. The fourth-order valence-corrected chi connectivity index (χ4v) is 2.59. The van der Waals surface area contributed by atoms with E-state index in [1.165, 1.54) is 5.56 Å². The van der Waals surface area contributed by atoms with Crippen molar-refractivity contribution in [2.24, 2.45) is 5.73 Å². The second kappa shape index (κ2) is 5.89. The number of hydrogen-bond donors (Lipinski definition) is 2. The zero-order chi connectivity index (χ0) is 13.8. The Morgan fingerprint density at radius 1 is 1.32 bits per heavy atom. The van der Waals surface area contributed by atoms with Crippen LogP contribution in [0, 0.1) is 0 Å². The molecule has 0 saturated heterocycles. The highest BCUT2D eigenvalue weighted by atomic mass is 32.1. The molecule has 100 valence electrons. The average molecular weight is 274 g/mol. The number of primary amides is 1. The normalized spacial score (nSPS) is 10.7. The molecular formula is C15H18N2OS. The van der Waals surface area contributed by atoms with Gasteiger partial charge in [0.25, 0.3) is 0 Å². The zero-order valence-corrected chi connectivity index (χ0v) is 12.0. The van der Waals surface area contributed by atoms with Crippen molar-refractivity contribution in [3.63, 3.8) is 0 Å². The van der Waals surface area contributed by atoms with Gasteiger partial charge in [-0.2, -0.15) is 0 Å². The average Bonchev–Trinajstić information content (AvgIpc) is 2.86. The van der Waals surface area contributed by atoms with Crippen molar-refractivity contribution < 1.29 is 4.79 Å². The lowest BCUT2D eigenvalue weighted by Gasteiger charge is -2.08. The second-order valence-corrected chi connectivity index (χ2v) is 5.79. The van der Waals surface area contributed by atoms with E-state index >= 15 is 0 Å². The Kier molecular flexibility index (Phi) is 4.22. The summed E-state index contributed by atoms with van der Waals surface area (Å²) < 4.78 is 0. The number of carbonyl (C=O) groups is 1. The van der Waals surface area contributed by atoms with Crippen LogP contribution in [-0.2, 0) is 6.54 Å². The van der Waals surface area contributed by atoms with Crippen LogP contribution in [0.1, 0.15) is 40.6 Å². The second-order valence-electron chi connectivity index (χ2n) is 4.80. The number of rotatable bonds is 5. The van der Waals surface area contributed by atoms with Gasteiger partial charge in [0.15, 0.2) is 0 Å². The van der Waals surface area contributed by atoms with Gasteiger partial charge in [0, 0.05) is 22.5 Å². The minimum Gasteiger partial charge on any atom is -0.380 e. The first-order valence-electron chi connectivity index (χ1n) is 6.27. The molecule has 0 aliphatic carbocycles. The Morgan fingerprint density at radius 2 is 2.00 bits per heavy atom. The van der Waals surface area contributed by atoms with Crippen LogP contribution in [0.5, 0.6) is 0 Å². The van der Waals surface area contributed by atoms with Crippen LogP contribution in [0.25, 0.3) is 0 Å². The third kappa shape index (κ3) is 3.58. The fourth-order valence-electron chi connectivity index (χ4n) is 1.78. The molecule has 1 aromatic carbocycles. The largest absolute Gasteiger partial charge is 0.380 e. The number of nitrogens with one attached hydrogen (secondary N) is 1. The summed E-state index contributed by atoms with van der Waals surface area (Å²) >= 11 is 1.54. The van der Waals surface area contributed by atoms with Crippen molar-refractivity contribution in [2.45, 2.75) is 26.3 Å². The quantitative estimate of drug-likeness (QED) is 0.875. The Morgan fingerprint density at radius 3 is 2.53 bits per heavy atom. The van der Waals surface area contributed by atoms with Crippen molar-refractivity contribution in [2.75, 3.05) is 5.32 Å². The number of anilines is 1. The van der Waals surface area contributed by atoms with Crippen LogP contribution in [0.2, 0.25) is 0 Å². The van der Waals surface area contributed by atoms with E-state index in [2.05, 4.69) is 43.4 Å². The molecule has 19 heavy (non-hydrogen) atoms. The van der Waals surface area contributed by atoms with E-state index in [0.29, 0.717) is 18.0 Å². The van der Waals surface area contributed by atoms with Gasteiger partial charge in [-0.05, 0) is 29.7 Å². The Hall–Kier alpha value is -1.81. The summed E-state index contributed by atoms with van der Waals surface area (Å²) in [6, 6.07) is 10.3. The number of nitrogens with two attached hydrogens (primary N) is 1. The van der Waals surface area contributed by atoms with Crippen LogP contribution in [0.15, 0.2) is 35.7 Å². The lowest BCUT2D eigenvalue weighted by molar-refractivity contribution is 0.100. The summed E-state index contributed by atoms with van der Waals surface area (Å²) in [7, 11) is 0. The van der Waals surface area contributed by atoms with E-state index in [1.54, 1.807) is 16.7 Å². The highest BCUT2D eigenvalue weighted by Gasteiger charge is 2.04. The minimum atomic E-state index is -0.371. The highest BCUT2D eigenvalue weighted by molar-refractivity contribution is 7.10. The van der Waals surface area contributed by atoms with E-state index < -0.39 is 0 Å². The number of hydrogen-bond acceptors (Lipinski definition) is 3. The van der Waals surface area contributed by atoms with Crippen LogP contribution < -0.4 is 11.1 Å². The molecular weight excluding hydrogens is 256 g/mol. The molecule has 0 aliphatic rings. The summed E-state index contributed by atoms with van der Waals surface area (Å²) in [4.78, 5) is 12.1. The van der Waals surface area contributed by atoms with Crippen molar-refractivity contribution in [3.05, 3.63) is 51.7 Å². The summed E-state index contributed by atoms with van der Waals surface area (Å²) in [6.07, 6.45) is 0. The summed E-state index contributed by atoms with van der Waals surface area (Å²) in [5.74, 6) is 0.174. The fraction of sp³-hybridized carbons (Fsp3) is 0.267. The van der Waals surface area contributed by atoms with E-state index in [9.17, 15) is 4.79 Å². The molecule has 2 aromatic rings. The Bertz CT molecular complexity index is 558. The molecule has 0 aliphatic heterocycles. The van der Waals surface area contributed by atoms with Gasteiger partial charge in [0.1, 0.15) is 0 Å². The highest BCUT2D eigenvalue weighted by Crippen LogP contribution is 2.19. The molecule has 0 atom stereocenters. The van der Waals surface area contributed by atoms with Gasteiger partial charge < -0.3 is 11.1 Å². The van der Waals surface area contributed by atoms with E-state index in [0.717, 1.165) is 10.6 Å². The maximum absolute atomic E-state index is 11.0. The predicted molar refractivity (Wildman–Crippen MR) is 80.7 cm³/mol. The smallest absolute Gasteiger partial charge is 0.249 e. The minimum absolute atomic E-state index is 0.371. The van der Waals surface area contributed by atoms with Gasteiger partial charge in [-0.25, -0.2) is 0 Å². The third-order valence-corrected chi connectivity index (χ3v) is 3.92. The molecule has 0 radical (unpaired) electrons. The van der Waals surface area contributed by atoms with Gasteiger partial charge in [-0.3, -0.25) is 4.79 Å². The predicted octanol–water partition coefficient (Wildman–Crippen LogP) is 3.58. The maximum Gasteiger partial charge on any atom is 0.249 e. The van der Waals surface area contributed by atoms with Gasteiger partial charge >= 0.3 is 0 Å². The molecule has 2 rings (SSSR count). The zero-order valence-electron chi connectivity index (χ0n) is 11.1. The lowest BCUT2D eigenvalue weighted by Crippen LogP contribution is -2.09. The lowest BCUT2D eigenvalue weighted by atomic mass is 10.0. The molecule has 4 heteroatoms. The van der Waals surface area contributed by atoms with E-state index in [-0.39, 0.29) is 5.91 Å². The first-order chi connectivity index (χ1) is 9.06. The first kappa shape index (κ1) is 13.6. The molecule has 0 saturated carbocycles. The van der Waals surface area contributed by atoms with Crippen LogP contribution in [0.3, 0.4) is 0 Å². The molecule has 3 N–H and O–H groups in total. The number of amides is 1. The molecule has 0 bridgehead atoms. The number of benzene rings is 1. The summed E-state index contributed by atoms with van der Waals surface area (Å²) in [5, 5.41) is 5.13. The van der Waals surface area contributed by atoms with Gasteiger partial charge in [-0.15, -0.1) is 11.3 Å². The van der Waals surface area contributed by atoms with Gasteiger partial charge in [-0.1, -0.05) is 26.0 Å². The van der Waals surface area contributed by atoms with Crippen LogP contribution in [0.4, 0.5) is 5.69 Å².